The zero-order chi connectivity index (χ0) is 9.26. The average Bonchev–Trinajstić information content (AvgIpc) is 2.16. The van der Waals surface area contributed by atoms with E-state index < -0.39 is 0 Å². The molecule has 0 saturated carbocycles. The summed E-state index contributed by atoms with van der Waals surface area (Å²) in [5.74, 6) is 0.966. The SMILES string of the molecule is COc1ccc2c(c1)C[C@@H]([NH3+])CC2.[Cl-]. The summed E-state index contributed by atoms with van der Waals surface area (Å²) in [6, 6.07) is 6.95. The number of ether oxygens (including phenoxy) is 1. The first-order chi connectivity index (χ1) is 6.29. The Hall–Kier alpha value is -0.730. The van der Waals surface area contributed by atoms with Crippen molar-refractivity contribution in [3.8, 4) is 5.75 Å². The summed E-state index contributed by atoms with van der Waals surface area (Å²) in [5, 5.41) is 0. The van der Waals surface area contributed by atoms with Crippen LogP contribution in [0.4, 0.5) is 0 Å². The number of benzene rings is 1. The molecule has 0 fully saturated rings. The maximum Gasteiger partial charge on any atom is 0.119 e. The number of methoxy groups -OCH3 is 1. The van der Waals surface area contributed by atoms with Gasteiger partial charge in [-0.05, 0) is 29.7 Å². The minimum atomic E-state index is 0. The van der Waals surface area contributed by atoms with Gasteiger partial charge in [-0.1, -0.05) is 6.07 Å². The minimum Gasteiger partial charge on any atom is -1.00 e. The fourth-order valence-electron chi connectivity index (χ4n) is 1.94. The van der Waals surface area contributed by atoms with Gasteiger partial charge in [0.15, 0.2) is 0 Å². The Kier molecular flexibility index (Phi) is 3.78. The van der Waals surface area contributed by atoms with Crippen LogP contribution in [0.5, 0.6) is 5.75 Å². The number of fused-ring (bicyclic) bond motifs is 1. The van der Waals surface area contributed by atoms with E-state index in [1.165, 1.54) is 24.0 Å². The second-order valence-electron chi connectivity index (χ2n) is 3.74. The van der Waals surface area contributed by atoms with Crippen molar-refractivity contribution < 1.29 is 22.9 Å². The first-order valence-corrected chi connectivity index (χ1v) is 4.78. The highest BCUT2D eigenvalue weighted by atomic mass is 35.5. The standard InChI is InChI=1S/C11H15NO.ClH/c1-13-11-5-3-8-2-4-10(12)6-9(8)7-11;/h3,5,7,10H,2,4,6,12H2,1H3;1H/t10-;/m0./s1. The van der Waals surface area contributed by atoms with Crippen molar-refractivity contribution >= 4 is 0 Å². The second kappa shape index (κ2) is 4.67. The Balaban J connectivity index is 0.000000980. The molecule has 0 unspecified atom stereocenters. The topological polar surface area (TPSA) is 36.9 Å². The molecule has 0 heterocycles. The molecule has 1 aromatic rings. The highest BCUT2D eigenvalue weighted by molar-refractivity contribution is 5.37. The first-order valence-electron chi connectivity index (χ1n) is 4.78. The van der Waals surface area contributed by atoms with Gasteiger partial charge < -0.3 is 22.9 Å². The summed E-state index contributed by atoms with van der Waals surface area (Å²) in [6.07, 6.45) is 3.50. The van der Waals surface area contributed by atoms with E-state index >= 15 is 0 Å². The molecule has 0 bridgehead atoms. The van der Waals surface area contributed by atoms with Crippen molar-refractivity contribution in [1.29, 1.82) is 0 Å². The normalized spacial score (nSPS) is 19.4. The highest BCUT2D eigenvalue weighted by Gasteiger charge is 2.17. The van der Waals surface area contributed by atoms with E-state index in [-0.39, 0.29) is 12.4 Å². The van der Waals surface area contributed by atoms with Crippen LogP contribution in [0.25, 0.3) is 0 Å². The molecule has 3 N–H and O–H groups in total. The van der Waals surface area contributed by atoms with Gasteiger partial charge in [0.25, 0.3) is 0 Å². The molecule has 2 rings (SSSR count). The van der Waals surface area contributed by atoms with Crippen molar-refractivity contribution in [2.24, 2.45) is 0 Å². The lowest BCUT2D eigenvalue weighted by Gasteiger charge is -2.19. The Morgan fingerprint density at radius 3 is 2.86 bits per heavy atom. The van der Waals surface area contributed by atoms with E-state index in [0.717, 1.165) is 12.2 Å². The van der Waals surface area contributed by atoms with Gasteiger partial charge in [0.1, 0.15) is 5.75 Å². The van der Waals surface area contributed by atoms with E-state index in [1.807, 2.05) is 6.07 Å². The minimum absolute atomic E-state index is 0. The summed E-state index contributed by atoms with van der Waals surface area (Å²) in [6.45, 7) is 0. The highest BCUT2D eigenvalue weighted by Crippen LogP contribution is 2.24. The van der Waals surface area contributed by atoms with Crippen molar-refractivity contribution in [3.05, 3.63) is 29.3 Å². The molecule has 1 aliphatic rings. The van der Waals surface area contributed by atoms with Crippen molar-refractivity contribution in [3.63, 3.8) is 0 Å². The number of hydrogen-bond acceptors (Lipinski definition) is 1. The van der Waals surface area contributed by atoms with Crippen LogP contribution >= 0.6 is 0 Å². The quantitative estimate of drug-likeness (QED) is 0.565. The van der Waals surface area contributed by atoms with Crippen LogP contribution in [0.15, 0.2) is 18.2 Å². The average molecular weight is 214 g/mol. The molecular weight excluding hydrogens is 198 g/mol. The Labute approximate surface area is 90.9 Å². The van der Waals surface area contributed by atoms with Crippen LogP contribution in [0.3, 0.4) is 0 Å². The molecule has 14 heavy (non-hydrogen) atoms. The number of quaternary nitrogens is 1. The van der Waals surface area contributed by atoms with Gasteiger partial charge in [-0.25, -0.2) is 0 Å². The van der Waals surface area contributed by atoms with Gasteiger partial charge in [-0.3, -0.25) is 0 Å². The molecule has 1 aromatic carbocycles. The first kappa shape index (κ1) is 11.3. The smallest absolute Gasteiger partial charge is 0.119 e. The molecule has 0 aromatic heterocycles. The summed E-state index contributed by atoms with van der Waals surface area (Å²) >= 11 is 0. The van der Waals surface area contributed by atoms with E-state index in [1.54, 1.807) is 7.11 Å². The Morgan fingerprint density at radius 2 is 2.14 bits per heavy atom. The van der Waals surface area contributed by atoms with Gasteiger partial charge in [0.2, 0.25) is 0 Å². The monoisotopic (exact) mass is 213 g/mol. The van der Waals surface area contributed by atoms with Crippen molar-refractivity contribution in [2.45, 2.75) is 25.3 Å². The third-order valence-corrected chi connectivity index (χ3v) is 2.74. The number of hydrogen-bond donors (Lipinski definition) is 1. The van der Waals surface area contributed by atoms with Crippen molar-refractivity contribution in [1.82, 2.24) is 0 Å². The molecule has 0 aliphatic heterocycles. The van der Waals surface area contributed by atoms with Gasteiger partial charge in [-0.2, -0.15) is 0 Å². The van der Waals surface area contributed by atoms with Crippen LogP contribution < -0.4 is 22.9 Å². The molecule has 1 atom stereocenters. The predicted molar refractivity (Wildman–Crippen MR) is 51.7 cm³/mol. The molecule has 0 spiro atoms. The third-order valence-electron chi connectivity index (χ3n) is 2.74. The van der Waals surface area contributed by atoms with Gasteiger partial charge in [-0.15, -0.1) is 0 Å². The lowest BCUT2D eigenvalue weighted by Crippen LogP contribution is -3.00. The molecule has 3 heteroatoms. The molecule has 0 saturated heterocycles. The zero-order valence-electron chi connectivity index (χ0n) is 8.42. The Morgan fingerprint density at radius 1 is 1.36 bits per heavy atom. The van der Waals surface area contributed by atoms with Gasteiger partial charge in [0, 0.05) is 12.8 Å². The van der Waals surface area contributed by atoms with Crippen LogP contribution in [0, 0.1) is 0 Å². The molecule has 0 amide bonds. The molecule has 0 radical (unpaired) electrons. The van der Waals surface area contributed by atoms with Crippen LogP contribution in [0.2, 0.25) is 0 Å². The maximum absolute atomic E-state index is 5.20. The molecular formula is C11H16ClNO. The second-order valence-corrected chi connectivity index (χ2v) is 3.74. The fraction of sp³-hybridized carbons (Fsp3) is 0.455. The fourth-order valence-corrected chi connectivity index (χ4v) is 1.94. The third kappa shape index (κ3) is 2.20. The van der Waals surface area contributed by atoms with Gasteiger partial charge in [0.05, 0.1) is 13.2 Å². The number of aryl methyl sites for hydroxylation is 1. The number of rotatable bonds is 1. The van der Waals surface area contributed by atoms with E-state index in [0.29, 0.717) is 6.04 Å². The Bertz CT molecular complexity index is 314. The lowest BCUT2D eigenvalue weighted by molar-refractivity contribution is -0.421. The summed E-state index contributed by atoms with van der Waals surface area (Å²) in [7, 11) is 1.71. The maximum atomic E-state index is 5.20. The molecule has 2 nitrogen and oxygen atoms in total. The molecule has 78 valence electrons. The van der Waals surface area contributed by atoms with E-state index in [2.05, 4.69) is 17.9 Å². The summed E-state index contributed by atoms with van der Waals surface area (Å²) in [4.78, 5) is 0. The largest absolute Gasteiger partial charge is 1.00 e. The molecule has 1 aliphatic carbocycles. The van der Waals surface area contributed by atoms with Crippen LogP contribution in [-0.4, -0.2) is 13.2 Å². The predicted octanol–water partition coefficient (Wildman–Crippen LogP) is -2.20. The van der Waals surface area contributed by atoms with E-state index in [4.69, 9.17) is 4.74 Å². The van der Waals surface area contributed by atoms with Crippen molar-refractivity contribution in [2.75, 3.05) is 7.11 Å². The van der Waals surface area contributed by atoms with Crippen LogP contribution in [-0.2, 0) is 12.8 Å². The van der Waals surface area contributed by atoms with Crippen LogP contribution in [0.1, 0.15) is 17.5 Å². The summed E-state index contributed by atoms with van der Waals surface area (Å²) < 4.78 is 5.20. The number of halogens is 1. The zero-order valence-corrected chi connectivity index (χ0v) is 9.18. The summed E-state index contributed by atoms with van der Waals surface area (Å²) in [5.41, 5.74) is 7.01. The lowest BCUT2D eigenvalue weighted by atomic mass is 9.89. The van der Waals surface area contributed by atoms with Gasteiger partial charge >= 0.3 is 0 Å². The van der Waals surface area contributed by atoms with E-state index in [9.17, 15) is 0 Å².